The maximum absolute atomic E-state index is 5.59. The van der Waals surface area contributed by atoms with E-state index in [1.807, 2.05) is 6.20 Å². The molecule has 11 heavy (non-hydrogen) atoms. The van der Waals surface area contributed by atoms with E-state index in [4.69, 9.17) is 5.73 Å². The van der Waals surface area contributed by atoms with Crippen LogP contribution in [0.4, 0.5) is 5.82 Å². The van der Waals surface area contributed by atoms with Gasteiger partial charge in [0.2, 0.25) is 0 Å². The summed E-state index contributed by atoms with van der Waals surface area (Å²) in [5.41, 5.74) is 5.59. The average molecular weight is 151 g/mol. The molecular formula is C8H13N3. The summed E-state index contributed by atoms with van der Waals surface area (Å²) in [5, 5.41) is 0. The van der Waals surface area contributed by atoms with Crippen LogP contribution in [0.3, 0.4) is 0 Å². The van der Waals surface area contributed by atoms with Crippen LogP contribution in [0.1, 0.15) is 31.5 Å². The molecule has 1 atom stereocenters. The van der Waals surface area contributed by atoms with Gasteiger partial charge in [0.15, 0.2) is 0 Å². The van der Waals surface area contributed by atoms with Gasteiger partial charge in [0.1, 0.15) is 11.6 Å². The van der Waals surface area contributed by atoms with Gasteiger partial charge in [0, 0.05) is 18.7 Å². The molecule has 0 fully saturated rings. The zero-order valence-electron chi connectivity index (χ0n) is 6.75. The summed E-state index contributed by atoms with van der Waals surface area (Å²) in [6.07, 6.45) is 4.44. The fraction of sp³-hybridized carbons (Fsp3) is 0.625. The predicted molar refractivity (Wildman–Crippen MR) is 44.3 cm³/mol. The number of nitrogen functional groups attached to an aromatic ring is 1. The number of rotatable bonds is 0. The molecule has 2 heterocycles. The first kappa shape index (κ1) is 6.70. The highest BCUT2D eigenvalue weighted by Crippen LogP contribution is 2.26. The fourth-order valence-electron chi connectivity index (χ4n) is 1.72. The Labute approximate surface area is 66.2 Å². The molecule has 2 N–H and O–H groups in total. The Hall–Kier alpha value is -0.990. The fourth-order valence-corrected chi connectivity index (χ4v) is 1.72. The van der Waals surface area contributed by atoms with Crippen molar-refractivity contribution in [1.29, 1.82) is 0 Å². The van der Waals surface area contributed by atoms with E-state index in [9.17, 15) is 0 Å². The van der Waals surface area contributed by atoms with Crippen molar-refractivity contribution in [2.75, 3.05) is 5.73 Å². The zero-order valence-corrected chi connectivity index (χ0v) is 6.75. The molecule has 0 spiro atoms. The second-order valence-corrected chi connectivity index (χ2v) is 3.26. The number of anilines is 1. The number of hydrogen-bond donors (Lipinski definition) is 1. The second-order valence-electron chi connectivity index (χ2n) is 3.26. The molecule has 0 bridgehead atoms. The first-order valence-corrected chi connectivity index (χ1v) is 4.10. The van der Waals surface area contributed by atoms with Gasteiger partial charge in [-0.15, -0.1) is 0 Å². The number of aromatic nitrogens is 2. The average Bonchev–Trinajstić information content (AvgIpc) is 2.31. The summed E-state index contributed by atoms with van der Waals surface area (Å²) in [5.74, 6) is 2.41. The Morgan fingerprint density at radius 2 is 2.55 bits per heavy atom. The Kier molecular flexibility index (Phi) is 1.37. The van der Waals surface area contributed by atoms with Gasteiger partial charge in [-0.3, -0.25) is 0 Å². The van der Waals surface area contributed by atoms with Crippen LogP contribution in [-0.2, 0) is 6.54 Å². The van der Waals surface area contributed by atoms with Crippen LogP contribution in [0.25, 0.3) is 0 Å². The molecule has 0 radical (unpaired) electrons. The molecule has 2 rings (SSSR count). The van der Waals surface area contributed by atoms with E-state index < -0.39 is 0 Å². The van der Waals surface area contributed by atoms with E-state index in [0.29, 0.717) is 11.7 Å². The van der Waals surface area contributed by atoms with Gasteiger partial charge in [-0.2, -0.15) is 0 Å². The van der Waals surface area contributed by atoms with Crippen LogP contribution in [0, 0.1) is 0 Å². The van der Waals surface area contributed by atoms with Crippen molar-refractivity contribution >= 4 is 5.82 Å². The van der Waals surface area contributed by atoms with Gasteiger partial charge in [-0.1, -0.05) is 6.92 Å². The van der Waals surface area contributed by atoms with E-state index in [1.165, 1.54) is 12.8 Å². The minimum atomic E-state index is 0.584. The molecule has 60 valence electrons. The highest BCUT2D eigenvalue weighted by Gasteiger charge is 2.17. The minimum absolute atomic E-state index is 0.584. The largest absolute Gasteiger partial charge is 0.382 e. The Balaban J connectivity index is 2.43. The van der Waals surface area contributed by atoms with Gasteiger partial charge in [-0.25, -0.2) is 4.98 Å². The summed E-state index contributed by atoms with van der Waals surface area (Å²) in [7, 11) is 0. The molecule has 0 aromatic carbocycles. The van der Waals surface area contributed by atoms with E-state index in [2.05, 4.69) is 16.5 Å². The maximum Gasteiger partial charge on any atom is 0.141 e. The Morgan fingerprint density at radius 1 is 1.73 bits per heavy atom. The molecule has 0 aliphatic carbocycles. The number of nitrogens with two attached hydrogens (primary N) is 1. The van der Waals surface area contributed by atoms with Crippen LogP contribution in [-0.4, -0.2) is 9.55 Å². The molecule has 1 aromatic heterocycles. The SMILES string of the molecule is C[C@H]1CCCn2cc(N)nc21. The normalized spacial score (nSPS) is 23.2. The van der Waals surface area contributed by atoms with Gasteiger partial charge in [-0.05, 0) is 12.8 Å². The molecule has 3 nitrogen and oxygen atoms in total. The third-order valence-electron chi connectivity index (χ3n) is 2.30. The molecule has 1 aliphatic rings. The highest BCUT2D eigenvalue weighted by molar-refractivity contribution is 5.27. The van der Waals surface area contributed by atoms with E-state index in [0.717, 1.165) is 12.4 Å². The molecule has 0 saturated heterocycles. The summed E-state index contributed by atoms with van der Waals surface area (Å²) >= 11 is 0. The topological polar surface area (TPSA) is 43.8 Å². The standard InChI is InChI=1S/C8H13N3/c1-6-3-2-4-11-5-7(9)10-8(6)11/h5-6H,2-4,9H2,1H3/t6-/m0/s1. The second kappa shape index (κ2) is 2.26. The van der Waals surface area contributed by atoms with E-state index in [-0.39, 0.29) is 0 Å². The molecule has 3 heteroatoms. The smallest absolute Gasteiger partial charge is 0.141 e. The summed E-state index contributed by atoms with van der Waals surface area (Å²) < 4.78 is 2.17. The highest BCUT2D eigenvalue weighted by atomic mass is 15.1. The molecule has 1 aromatic rings. The van der Waals surface area contributed by atoms with Gasteiger partial charge in [0.25, 0.3) is 0 Å². The van der Waals surface area contributed by atoms with Crippen molar-refractivity contribution in [2.24, 2.45) is 0 Å². The first-order chi connectivity index (χ1) is 5.27. The van der Waals surface area contributed by atoms with Crippen LogP contribution in [0.15, 0.2) is 6.20 Å². The zero-order chi connectivity index (χ0) is 7.84. The lowest BCUT2D eigenvalue weighted by Crippen LogP contribution is -2.12. The van der Waals surface area contributed by atoms with Crippen molar-refractivity contribution in [3.63, 3.8) is 0 Å². The number of fused-ring (bicyclic) bond motifs is 1. The summed E-state index contributed by atoms with van der Waals surface area (Å²) in [6.45, 7) is 3.29. The predicted octanol–water partition coefficient (Wildman–Crippen LogP) is 1.36. The molecule has 1 aliphatic heterocycles. The molecule has 0 amide bonds. The summed E-state index contributed by atoms with van der Waals surface area (Å²) in [4.78, 5) is 4.27. The van der Waals surface area contributed by atoms with E-state index >= 15 is 0 Å². The van der Waals surface area contributed by atoms with Crippen LogP contribution in [0.2, 0.25) is 0 Å². The molecular weight excluding hydrogens is 138 g/mol. The summed E-state index contributed by atoms with van der Waals surface area (Å²) in [6, 6.07) is 0. The third kappa shape index (κ3) is 1.00. The first-order valence-electron chi connectivity index (χ1n) is 4.10. The lowest BCUT2D eigenvalue weighted by atomic mass is 10.0. The van der Waals surface area contributed by atoms with Crippen molar-refractivity contribution in [3.8, 4) is 0 Å². The van der Waals surface area contributed by atoms with Crippen molar-refractivity contribution in [2.45, 2.75) is 32.2 Å². The lowest BCUT2D eigenvalue weighted by molar-refractivity contribution is 0.463. The van der Waals surface area contributed by atoms with E-state index in [1.54, 1.807) is 0 Å². The Morgan fingerprint density at radius 3 is 3.27 bits per heavy atom. The van der Waals surface area contributed by atoms with Crippen molar-refractivity contribution in [3.05, 3.63) is 12.0 Å². The van der Waals surface area contributed by atoms with Crippen LogP contribution in [0.5, 0.6) is 0 Å². The lowest BCUT2D eigenvalue weighted by Gasteiger charge is -2.18. The van der Waals surface area contributed by atoms with Crippen LogP contribution >= 0.6 is 0 Å². The van der Waals surface area contributed by atoms with Crippen molar-refractivity contribution < 1.29 is 0 Å². The molecule has 0 unspecified atom stereocenters. The number of imidazole rings is 1. The van der Waals surface area contributed by atoms with Crippen LogP contribution < -0.4 is 5.73 Å². The monoisotopic (exact) mass is 151 g/mol. The minimum Gasteiger partial charge on any atom is -0.382 e. The maximum atomic E-state index is 5.59. The van der Waals surface area contributed by atoms with Gasteiger partial charge < -0.3 is 10.3 Å². The molecule has 0 saturated carbocycles. The van der Waals surface area contributed by atoms with Gasteiger partial charge in [0.05, 0.1) is 0 Å². The third-order valence-corrected chi connectivity index (χ3v) is 2.30. The van der Waals surface area contributed by atoms with Crippen molar-refractivity contribution in [1.82, 2.24) is 9.55 Å². The quantitative estimate of drug-likeness (QED) is 0.608. The number of hydrogen-bond acceptors (Lipinski definition) is 2. The Bertz CT molecular complexity index is 264. The number of aryl methyl sites for hydroxylation is 1. The number of nitrogens with zero attached hydrogens (tertiary/aromatic N) is 2. The van der Waals surface area contributed by atoms with Gasteiger partial charge >= 0.3 is 0 Å².